The lowest BCUT2D eigenvalue weighted by atomic mass is 9.96. The summed E-state index contributed by atoms with van der Waals surface area (Å²) in [4.78, 5) is 24.5. The SMILES string of the molecule is CCCC(C)(NCC(=O)N(C)C(C)C)C(=O)O. The van der Waals surface area contributed by atoms with Crippen molar-refractivity contribution in [3.05, 3.63) is 0 Å². The number of carboxylic acid groups (broad SMARTS) is 1. The van der Waals surface area contributed by atoms with Crippen LogP contribution in [0.15, 0.2) is 0 Å². The van der Waals surface area contributed by atoms with Gasteiger partial charge in [-0.2, -0.15) is 0 Å². The van der Waals surface area contributed by atoms with E-state index in [4.69, 9.17) is 5.11 Å². The number of likely N-dealkylation sites (N-methyl/N-ethyl adjacent to an activating group) is 1. The second kappa shape index (κ2) is 6.59. The Bertz CT molecular complexity index is 279. The highest BCUT2D eigenvalue weighted by molar-refractivity contribution is 5.82. The Hall–Kier alpha value is -1.10. The molecule has 0 saturated carbocycles. The summed E-state index contributed by atoms with van der Waals surface area (Å²) in [6, 6.07) is 0.117. The quantitative estimate of drug-likeness (QED) is 0.703. The fourth-order valence-electron chi connectivity index (χ4n) is 1.45. The van der Waals surface area contributed by atoms with E-state index in [2.05, 4.69) is 5.32 Å². The monoisotopic (exact) mass is 244 g/mol. The predicted octanol–water partition coefficient (Wildman–Crippen LogP) is 1.09. The van der Waals surface area contributed by atoms with Gasteiger partial charge in [0.25, 0.3) is 0 Å². The lowest BCUT2D eigenvalue weighted by Gasteiger charge is -2.28. The molecule has 0 saturated heterocycles. The van der Waals surface area contributed by atoms with E-state index in [1.165, 1.54) is 0 Å². The molecule has 0 spiro atoms. The first-order chi connectivity index (χ1) is 7.74. The number of hydrogen-bond donors (Lipinski definition) is 2. The molecule has 5 heteroatoms. The molecule has 0 rings (SSSR count). The predicted molar refractivity (Wildman–Crippen MR) is 66.9 cm³/mol. The van der Waals surface area contributed by atoms with Crippen molar-refractivity contribution in [2.75, 3.05) is 13.6 Å². The minimum atomic E-state index is -1.03. The molecule has 2 N–H and O–H groups in total. The number of nitrogens with one attached hydrogen (secondary N) is 1. The van der Waals surface area contributed by atoms with Crippen LogP contribution >= 0.6 is 0 Å². The Morgan fingerprint density at radius 2 is 1.94 bits per heavy atom. The number of hydrogen-bond acceptors (Lipinski definition) is 3. The first kappa shape index (κ1) is 15.9. The molecule has 1 unspecified atom stereocenters. The van der Waals surface area contributed by atoms with Crippen molar-refractivity contribution in [3.63, 3.8) is 0 Å². The standard InChI is InChI=1S/C12H24N2O3/c1-6-7-12(4,11(16)17)13-8-10(15)14(5)9(2)3/h9,13H,6-8H2,1-5H3,(H,16,17). The van der Waals surface area contributed by atoms with Crippen molar-refractivity contribution in [1.29, 1.82) is 0 Å². The summed E-state index contributed by atoms with van der Waals surface area (Å²) in [5.41, 5.74) is -1.03. The molecule has 0 radical (unpaired) electrons. The van der Waals surface area contributed by atoms with E-state index in [0.717, 1.165) is 6.42 Å². The molecule has 1 amide bonds. The van der Waals surface area contributed by atoms with Crippen LogP contribution in [0.4, 0.5) is 0 Å². The van der Waals surface area contributed by atoms with Crippen LogP contribution in [0, 0.1) is 0 Å². The van der Waals surface area contributed by atoms with Gasteiger partial charge in [0.1, 0.15) is 5.54 Å². The summed E-state index contributed by atoms with van der Waals surface area (Å²) in [6.07, 6.45) is 1.25. The van der Waals surface area contributed by atoms with Crippen LogP contribution in [-0.4, -0.2) is 47.1 Å². The fourth-order valence-corrected chi connectivity index (χ4v) is 1.45. The molecule has 5 nitrogen and oxygen atoms in total. The van der Waals surface area contributed by atoms with Crippen molar-refractivity contribution in [3.8, 4) is 0 Å². The van der Waals surface area contributed by atoms with E-state index in [-0.39, 0.29) is 18.5 Å². The van der Waals surface area contributed by atoms with Gasteiger partial charge in [-0.25, -0.2) is 0 Å². The van der Waals surface area contributed by atoms with Crippen molar-refractivity contribution >= 4 is 11.9 Å². The summed E-state index contributed by atoms with van der Waals surface area (Å²) in [6.45, 7) is 7.42. The fraction of sp³-hybridized carbons (Fsp3) is 0.833. The van der Waals surface area contributed by atoms with Crippen LogP contribution in [0.25, 0.3) is 0 Å². The molecule has 0 aromatic carbocycles. The summed E-state index contributed by atoms with van der Waals surface area (Å²) >= 11 is 0. The third-order valence-electron chi connectivity index (χ3n) is 3.02. The van der Waals surface area contributed by atoms with E-state index in [1.54, 1.807) is 18.9 Å². The molecule has 0 heterocycles. The molecule has 0 aliphatic heterocycles. The molecule has 1 atom stereocenters. The van der Waals surface area contributed by atoms with Gasteiger partial charge in [0.15, 0.2) is 0 Å². The Kier molecular flexibility index (Phi) is 6.16. The van der Waals surface area contributed by atoms with Gasteiger partial charge in [-0.1, -0.05) is 13.3 Å². The van der Waals surface area contributed by atoms with E-state index in [1.807, 2.05) is 20.8 Å². The van der Waals surface area contributed by atoms with Crippen molar-refractivity contribution < 1.29 is 14.7 Å². The third-order valence-corrected chi connectivity index (χ3v) is 3.02. The van der Waals surface area contributed by atoms with Crippen molar-refractivity contribution in [1.82, 2.24) is 10.2 Å². The molecule has 0 aliphatic carbocycles. The lowest BCUT2D eigenvalue weighted by Crippen LogP contribution is -2.53. The van der Waals surface area contributed by atoms with Gasteiger partial charge in [0.2, 0.25) is 5.91 Å². The normalized spacial score (nSPS) is 14.5. The maximum Gasteiger partial charge on any atom is 0.323 e. The average Bonchev–Trinajstić information content (AvgIpc) is 2.24. The van der Waals surface area contributed by atoms with Crippen LogP contribution in [0.2, 0.25) is 0 Å². The minimum Gasteiger partial charge on any atom is -0.480 e. The maximum atomic E-state index is 11.7. The van der Waals surface area contributed by atoms with Crippen LogP contribution in [0.3, 0.4) is 0 Å². The minimum absolute atomic E-state index is 0.0531. The van der Waals surface area contributed by atoms with E-state index in [0.29, 0.717) is 6.42 Å². The largest absolute Gasteiger partial charge is 0.480 e. The average molecular weight is 244 g/mol. The highest BCUT2D eigenvalue weighted by atomic mass is 16.4. The molecule has 100 valence electrons. The highest BCUT2D eigenvalue weighted by Gasteiger charge is 2.32. The zero-order chi connectivity index (χ0) is 13.6. The highest BCUT2D eigenvalue weighted by Crippen LogP contribution is 2.12. The molecule has 0 fully saturated rings. The number of carbonyl (C=O) groups excluding carboxylic acids is 1. The van der Waals surface area contributed by atoms with Crippen LogP contribution in [-0.2, 0) is 9.59 Å². The Morgan fingerprint density at radius 1 is 1.41 bits per heavy atom. The van der Waals surface area contributed by atoms with Crippen LogP contribution in [0.5, 0.6) is 0 Å². The Morgan fingerprint density at radius 3 is 2.29 bits per heavy atom. The Balaban J connectivity index is 4.42. The molecule has 17 heavy (non-hydrogen) atoms. The smallest absolute Gasteiger partial charge is 0.323 e. The van der Waals surface area contributed by atoms with Gasteiger partial charge in [-0.3, -0.25) is 14.9 Å². The molecule has 0 aromatic heterocycles. The first-order valence-corrected chi connectivity index (χ1v) is 5.98. The second-order valence-corrected chi connectivity index (χ2v) is 4.84. The Labute approximate surface area is 103 Å². The van der Waals surface area contributed by atoms with Gasteiger partial charge in [-0.15, -0.1) is 0 Å². The van der Waals surface area contributed by atoms with E-state index >= 15 is 0 Å². The summed E-state index contributed by atoms with van der Waals surface area (Å²) in [7, 11) is 1.71. The molecule has 0 bridgehead atoms. The second-order valence-electron chi connectivity index (χ2n) is 4.84. The zero-order valence-corrected chi connectivity index (χ0v) is 11.4. The van der Waals surface area contributed by atoms with E-state index in [9.17, 15) is 9.59 Å². The number of nitrogens with zero attached hydrogens (tertiary/aromatic N) is 1. The molecular formula is C12H24N2O3. The van der Waals surface area contributed by atoms with Crippen molar-refractivity contribution in [2.45, 2.75) is 52.1 Å². The van der Waals surface area contributed by atoms with Gasteiger partial charge in [0, 0.05) is 13.1 Å². The van der Waals surface area contributed by atoms with Crippen molar-refractivity contribution in [2.24, 2.45) is 0 Å². The number of carbonyl (C=O) groups is 2. The number of aliphatic carboxylic acids is 1. The topological polar surface area (TPSA) is 69.6 Å². The summed E-state index contributed by atoms with van der Waals surface area (Å²) in [5.74, 6) is -1.01. The summed E-state index contributed by atoms with van der Waals surface area (Å²) in [5, 5.41) is 12.0. The van der Waals surface area contributed by atoms with Crippen LogP contribution < -0.4 is 5.32 Å². The van der Waals surface area contributed by atoms with Gasteiger partial charge in [-0.05, 0) is 27.2 Å². The van der Waals surface area contributed by atoms with Gasteiger partial charge in [0.05, 0.1) is 6.54 Å². The van der Waals surface area contributed by atoms with Crippen LogP contribution in [0.1, 0.15) is 40.5 Å². The molecular weight excluding hydrogens is 220 g/mol. The maximum absolute atomic E-state index is 11.7. The molecule has 0 aliphatic rings. The number of rotatable bonds is 7. The van der Waals surface area contributed by atoms with Gasteiger partial charge >= 0.3 is 5.97 Å². The van der Waals surface area contributed by atoms with Gasteiger partial charge < -0.3 is 10.0 Å². The summed E-state index contributed by atoms with van der Waals surface area (Å²) < 4.78 is 0. The third kappa shape index (κ3) is 4.73. The lowest BCUT2D eigenvalue weighted by molar-refractivity contribution is -0.145. The molecule has 0 aromatic rings. The number of carboxylic acids is 1. The first-order valence-electron chi connectivity index (χ1n) is 5.98. The van der Waals surface area contributed by atoms with E-state index < -0.39 is 11.5 Å². The zero-order valence-electron chi connectivity index (χ0n) is 11.4. The number of amides is 1.